The van der Waals surface area contributed by atoms with E-state index in [0.29, 0.717) is 11.3 Å². The molecule has 19 heavy (non-hydrogen) atoms. The second-order valence-electron chi connectivity index (χ2n) is 4.12. The molecule has 0 saturated carbocycles. The number of aromatic nitrogens is 3. The Balaban J connectivity index is 2.66. The number of rotatable bonds is 3. The van der Waals surface area contributed by atoms with Crippen LogP contribution in [-0.4, -0.2) is 25.7 Å². The van der Waals surface area contributed by atoms with Crippen LogP contribution < -0.4 is 11.5 Å². The summed E-state index contributed by atoms with van der Waals surface area (Å²) in [5.41, 5.74) is 13.9. The first kappa shape index (κ1) is 13.2. The zero-order chi connectivity index (χ0) is 14.2. The molecular formula is C12H13N5OS. The van der Waals surface area contributed by atoms with Crippen molar-refractivity contribution in [3.63, 3.8) is 0 Å². The van der Waals surface area contributed by atoms with Crippen LogP contribution in [0, 0.1) is 13.8 Å². The summed E-state index contributed by atoms with van der Waals surface area (Å²) in [6, 6.07) is 3.34. The van der Waals surface area contributed by atoms with Crippen molar-refractivity contribution in [2.24, 2.45) is 11.5 Å². The topological polar surface area (TPSA) is 99.8 Å². The molecule has 0 atom stereocenters. The second kappa shape index (κ2) is 4.77. The monoisotopic (exact) mass is 275 g/mol. The summed E-state index contributed by atoms with van der Waals surface area (Å²) in [5.74, 6) is -0.585. The average Bonchev–Trinajstić information content (AvgIpc) is 2.76. The molecule has 0 saturated heterocycles. The Labute approximate surface area is 115 Å². The van der Waals surface area contributed by atoms with E-state index in [9.17, 15) is 4.79 Å². The minimum absolute atomic E-state index is 0.181. The zero-order valence-corrected chi connectivity index (χ0v) is 11.4. The van der Waals surface area contributed by atoms with Gasteiger partial charge in [-0.1, -0.05) is 12.2 Å². The van der Waals surface area contributed by atoms with Gasteiger partial charge in [0.25, 0.3) is 5.91 Å². The lowest BCUT2D eigenvalue weighted by Gasteiger charge is -2.12. The molecule has 0 fully saturated rings. The number of carbonyl (C=O) groups is 1. The number of carbonyl (C=O) groups excluding carboxylic acids is 1. The first-order valence-corrected chi connectivity index (χ1v) is 5.95. The summed E-state index contributed by atoms with van der Waals surface area (Å²) in [5, 5.41) is 4.10. The number of thiocarbonyl (C=S) groups is 1. The Morgan fingerprint density at radius 2 is 2.05 bits per heavy atom. The summed E-state index contributed by atoms with van der Waals surface area (Å²) in [4.78, 5) is 15.6. The van der Waals surface area contributed by atoms with Gasteiger partial charge < -0.3 is 11.5 Å². The van der Waals surface area contributed by atoms with Gasteiger partial charge in [-0.2, -0.15) is 5.10 Å². The van der Waals surface area contributed by atoms with Gasteiger partial charge in [0.1, 0.15) is 10.7 Å². The Morgan fingerprint density at radius 3 is 2.58 bits per heavy atom. The molecule has 2 rings (SSSR count). The third kappa shape index (κ3) is 2.45. The molecule has 7 heteroatoms. The molecule has 0 aliphatic rings. The highest BCUT2D eigenvalue weighted by atomic mass is 32.1. The number of hydrogen-bond donors (Lipinski definition) is 2. The fraction of sp³-hybridized carbons (Fsp3) is 0.167. The highest BCUT2D eigenvalue weighted by molar-refractivity contribution is 7.80. The van der Waals surface area contributed by atoms with E-state index in [1.54, 1.807) is 12.3 Å². The van der Waals surface area contributed by atoms with Crippen LogP contribution in [0.1, 0.15) is 27.4 Å². The van der Waals surface area contributed by atoms with Gasteiger partial charge in [0.2, 0.25) is 0 Å². The second-order valence-corrected chi connectivity index (χ2v) is 4.56. The van der Waals surface area contributed by atoms with Crippen molar-refractivity contribution < 1.29 is 4.79 Å². The van der Waals surface area contributed by atoms with Crippen LogP contribution in [-0.2, 0) is 0 Å². The summed E-state index contributed by atoms with van der Waals surface area (Å²) < 4.78 is 1.52. The molecule has 98 valence electrons. The lowest BCUT2D eigenvalue weighted by Crippen LogP contribution is -2.18. The molecule has 0 aliphatic carbocycles. The zero-order valence-electron chi connectivity index (χ0n) is 10.5. The minimum Gasteiger partial charge on any atom is -0.389 e. The number of pyridine rings is 1. The summed E-state index contributed by atoms with van der Waals surface area (Å²) in [6.07, 6.45) is 1.63. The molecule has 0 radical (unpaired) electrons. The van der Waals surface area contributed by atoms with Gasteiger partial charge in [0.05, 0.1) is 11.3 Å². The predicted octanol–water partition coefficient (Wildman–Crippen LogP) is 0.617. The van der Waals surface area contributed by atoms with Crippen molar-refractivity contribution in [3.8, 4) is 5.69 Å². The van der Waals surface area contributed by atoms with Gasteiger partial charge in [0.15, 0.2) is 0 Å². The third-order valence-corrected chi connectivity index (χ3v) is 2.85. The molecule has 4 N–H and O–H groups in total. The molecule has 2 aromatic heterocycles. The Morgan fingerprint density at radius 1 is 1.37 bits per heavy atom. The van der Waals surface area contributed by atoms with Crippen LogP contribution in [0.3, 0.4) is 0 Å². The summed E-state index contributed by atoms with van der Waals surface area (Å²) in [6.45, 7) is 3.68. The standard InChI is InChI=1S/C12H13N5OS/c1-6-5-9(10(12(14)19)7(2)15-6)17-4-3-8(16-17)11(13)18/h3-5H,1-2H3,(H2,13,18)(H2,14,19). The normalized spacial score (nSPS) is 10.4. The van der Waals surface area contributed by atoms with Gasteiger partial charge in [-0.05, 0) is 26.0 Å². The molecule has 0 aromatic carbocycles. The van der Waals surface area contributed by atoms with E-state index in [2.05, 4.69) is 10.1 Å². The molecular weight excluding hydrogens is 262 g/mol. The van der Waals surface area contributed by atoms with Crippen LogP contribution in [0.4, 0.5) is 0 Å². The first-order valence-electron chi connectivity index (χ1n) is 5.54. The van der Waals surface area contributed by atoms with Crippen LogP contribution in [0.15, 0.2) is 18.3 Å². The third-order valence-electron chi connectivity index (χ3n) is 2.64. The fourth-order valence-electron chi connectivity index (χ4n) is 1.88. The lowest BCUT2D eigenvalue weighted by molar-refractivity contribution is 0.0995. The van der Waals surface area contributed by atoms with Crippen LogP contribution in [0.25, 0.3) is 5.69 Å². The number of nitrogens with zero attached hydrogens (tertiary/aromatic N) is 3. The van der Waals surface area contributed by atoms with Crippen molar-refractivity contribution in [1.82, 2.24) is 14.8 Å². The molecule has 0 aliphatic heterocycles. The Bertz CT molecular complexity index is 677. The maximum absolute atomic E-state index is 11.1. The van der Waals surface area contributed by atoms with E-state index in [1.807, 2.05) is 13.8 Å². The van der Waals surface area contributed by atoms with Gasteiger partial charge in [0, 0.05) is 17.6 Å². The molecule has 1 amide bonds. The number of primary amides is 1. The van der Waals surface area contributed by atoms with Crippen LogP contribution >= 0.6 is 12.2 Å². The number of amides is 1. The van der Waals surface area contributed by atoms with Crippen LogP contribution in [0.5, 0.6) is 0 Å². The summed E-state index contributed by atoms with van der Waals surface area (Å²) >= 11 is 5.04. The lowest BCUT2D eigenvalue weighted by atomic mass is 10.1. The minimum atomic E-state index is -0.585. The van der Waals surface area contributed by atoms with Gasteiger partial charge in [-0.15, -0.1) is 0 Å². The van der Waals surface area contributed by atoms with E-state index < -0.39 is 5.91 Å². The maximum Gasteiger partial charge on any atom is 0.269 e. The SMILES string of the molecule is Cc1cc(-n2ccc(C(N)=O)n2)c(C(N)=S)c(C)n1. The van der Waals surface area contributed by atoms with E-state index in [4.69, 9.17) is 23.7 Å². The average molecular weight is 275 g/mol. The maximum atomic E-state index is 11.1. The Kier molecular flexibility index (Phi) is 3.30. The van der Waals surface area contributed by atoms with Gasteiger partial charge in [-0.25, -0.2) is 4.68 Å². The Hall–Kier alpha value is -2.28. The van der Waals surface area contributed by atoms with E-state index >= 15 is 0 Å². The number of aryl methyl sites for hydroxylation is 2. The first-order chi connectivity index (χ1) is 8.90. The molecule has 0 spiro atoms. The van der Waals surface area contributed by atoms with Crippen LogP contribution in [0.2, 0.25) is 0 Å². The number of hydrogen-bond acceptors (Lipinski definition) is 4. The summed E-state index contributed by atoms with van der Waals surface area (Å²) in [7, 11) is 0. The smallest absolute Gasteiger partial charge is 0.269 e. The molecule has 2 heterocycles. The predicted molar refractivity (Wildman–Crippen MR) is 75.2 cm³/mol. The van der Waals surface area contributed by atoms with Crippen molar-refractivity contribution in [3.05, 3.63) is 41.0 Å². The largest absolute Gasteiger partial charge is 0.389 e. The molecule has 2 aromatic rings. The highest BCUT2D eigenvalue weighted by Gasteiger charge is 2.14. The van der Waals surface area contributed by atoms with Crippen molar-refractivity contribution in [2.75, 3.05) is 0 Å². The van der Waals surface area contributed by atoms with Crippen molar-refractivity contribution in [2.45, 2.75) is 13.8 Å². The number of nitrogens with two attached hydrogens (primary N) is 2. The fourth-order valence-corrected chi connectivity index (χ4v) is 2.14. The van der Waals surface area contributed by atoms with Gasteiger partial charge >= 0.3 is 0 Å². The van der Waals surface area contributed by atoms with Gasteiger partial charge in [-0.3, -0.25) is 9.78 Å². The molecule has 6 nitrogen and oxygen atoms in total. The highest BCUT2D eigenvalue weighted by Crippen LogP contribution is 2.18. The van der Waals surface area contributed by atoms with Crippen molar-refractivity contribution >= 4 is 23.1 Å². The van der Waals surface area contributed by atoms with E-state index in [0.717, 1.165) is 11.4 Å². The van der Waals surface area contributed by atoms with E-state index in [-0.39, 0.29) is 10.7 Å². The molecule has 0 unspecified atom stereocenters. The molecule has 0 bridgehead atoms. The quantitative estimate of drug-likeness (QED) is 0.800. The van der Waals surface area contributed by atoms with E-state index in [1.165, 1.54) is 10.7 Å². The van der Waals surface area contributed by atoms with Crippen molar-refractivity contribution in [1.29, 1.82) is 0 Å².